The zero-order valence-corrected chi connectivity index (χ0v) is 24.4. The highest BCUT2D eigenvalue weighted by Gasteiger charge is 2.59. The smallest absolute Gasteiger partial charge is 0.382 e. The molecule has 0 amide bonds. The molecule has 2 aromatic heterocycles. The molecule has 5 rings (SSSR count). The molecule has 41 heavy (non-hydrogen) atoms. The number of phosphoric ester groups is 1. The number of hydrogen-bond acceptors (Lipinski definition) is 17. The number of ether oxygens (including phenoxy) is 3. The van der Waals surface area contributed by atoms with Gasteiger partial charge in [0.05, 0.1) is 12.9 Å². The van der Waals surface area contributed by atoms with Crippen molar-refractivity contribution in [3.05, 3.63) is 12.7 Å². The van der Waals surface area contributed by atoms with Crippen molar-refractivity contribution in [1.29, 1.82) is 0 Å². The minimum atomic E-state index is -5.67. The van der Waals surface area contributed by atoms with Gasteiger partial charge >= 0.3 is 23.5 Å². The Hall–Kier alpha value is -1.52. The molecule has 25 heteroatoms. The summed E-state index contributed by atoms with van der Waals surface area (Å²) in [4.78, 5) is 49.0. The van der Waals surface area contributed by atoms with Crippen LogP contribution in [0.2, 0.25) is 0 Å². The standard InChI is InChI=1S/C16H24N5O13P3.4H3N/c17-13-10-14(19-7-18-13)21(8-20-10)15-12-11(31-16(32-12)4-2-1-3-5-16)9(30-15)6-29-36(25,26)34-37(27,28)33-35(22,23)24;;;;/h7-9,11-12,15H,1-6H2,(H,25,26)(H,27,28)(H2,17,18,19)(H2,22,23,24);4*1H3/t9-,11-,12-,15-;;;;/m1..../s1. The Balaban J connectivity index is 0.00000210. The van der Waals surface area contributed by atoms with Crippen molar-refractivity contribution in [2.75, 3.05) is 12.3 Å². The summed E-state index contributed by atoms with van der Waals surface area (Å²) in [6.07, 6.45) is 3.24. The van der Waals surface area contributed by atoms with Crippen molar-refractivity contribution in [1.82, 2.24) is 44.1 Å². The maximum Gasteiger partial charge on any atom is 0.490 e. The van der Waals surface area contributed by atoms with Crippen molar-refractivity contribution in [2.24, 2.45) is 0 Å². The maximum absolute atomic E-state index is 12.3. The van der Waals surface area contributed by atoms with Crippen LogP contribution in [0.5, 0.6) is 0 Å². The third kappa shape index (κ3) is 8.11. The molecule has 2 saturated heterocycles. The van der Waals surface area contributed by atoms with Crippen molar-refractivity contribution in [3.63, 3.8) is 0 Å². The van der Waals surface area contributed by atoms with E-state index >= 15 is 0 Å². The van der Waals surface area contributed by atoms with E-state index < -0.39 is 60.4 Å². The summed E-state index contributed by atoms with van der Waals surface area (Å²) in [6, 6.07) is 0. The number of rotatable bonds is 8. The van der Waals surface area contributed by atoms with Gasteiger partial charge in [-0.05, 0) is 12.8 Å². The number of phosphoric acid groups is 3. The normalized spacial score (nSPS) is 27.8. The number of nitrogen functional groups attached to an aromatic ring is 1. The van der Waals surface area contributed by atoms with E-state index in [1.165, 1.54) is 12.7 Å². The second kappa shape index (κ2) is 13.4. The first kappa shape index (κ1) is 37.5. The van der Waals surface area contributed by atoms with Crippen LogP contribution >= 0.6 is 23.5 Å². The Kier molecular flexibility index (Phi) is 12.3. The van der Waals surface area contributed by atoms with Crippen LogP contribution in [0.1, 0.15) is 38.3 Å². The highest BCUT2D eigenvalue weighted by Crippen LogP contribution is 2.66. The van der Waals surface area contributed by atoms with Crippen LogP contribution < -0.4 is 30.3 Å². The minimum absolute atomic E-state index is 0. The summed E-state index contributed by atoms with van der Waals surface area (Å²) in [7, 11) is -16.6. The highest BCUT2D eigenvalue weighted by molar-refractivity contribution is 7.66. The van der Waals surface area contributed by atoms with Crippen LogP contribution in [-0.2, 0) is 41.1 Å². The van der Waals surface area contributed by atoms with Gasteiger partial charge in [-0.15, -0.1) is 0 Å². The van der Waals surface area contributed by atoms with Crippen LogP contribution in [0.4, 0.5) is 5.82 Å². The predicted octanol–water partition coefficient (Wildman–Crippen LogP) is 1.74. The predicted molar refractivity (Wildman–Crippen MR) is 139 cm³/mol. The van der Waals surface area contributed by atoms with Crippen LogP contribution in [0.15, 0.2) is 12.7 Å². The molecule has 1 spiro atoms. The Morgan fingerprint density at radius 3 is 2.20 bits per heavy atom. The first-order chi connectivity index (χ1) is 17.3. The molecule has 2 aromatic rings. The van der Waals surface area contributed by atoms with Crippen molar-refractivity contribution >= 4 is 40.4 Å². The first-order valence-corrected chi connectivity index (χ1v) is 15.5. The van der Waals surface area contributed by atoms with Gasteiger partial charge in [-0.3, -0.25) is 9.09 Å². The van der Waals surface area contributed by atoms with Gasteiger partial charge < -0.3 is 64.1 Å². The van der Waals surface area contributed by atoms with Crippen LogP contribution in [-0.4, -0.2) is 69.8 Å². The fourth-order valence-corrected chi connectivity index (χ4v) is 7.74. The lowest BCUT2D eigenvalue weighted by atomic mass is 9.94. The lowest BCUT2D eigenvalue weighted by molar-refractivity contribution is -0.232. The van der Waals surface area contributed by atoms with Gasteiger partial charge in [-0.25, -0.2) is 28.6 Å². The van der Waals surface area contributed by atoms with E-state index in [-0.39, 0.29) is 30.4 Å². The molecule has 2 unspecified atom stereocenters. The summed E-state index contributed by atoms with van der Waals surface area (Å²) in [5, 5.41) is 0. The van der Waals surface area contributed by atoms with Gasteiger partial charge in [0.1, 0.15) is 30.2 Å². The Labute approximate surface area is 233 Å². The SMILES string of the molecule is N.N.N.N.Nc1ncnc2c1ncn2[C@@H]1O[C@H](COP(=O)(O)OP(=O)(O)OP(=O)(O)O)[C@H]2OC3(CCCCC3)O[C@H]21. The lowest BCUT2D eigenvalue weighted by Gasteiger charge is -2.34. The summed E-state index contributed by atoms with van der Waals surface area (Å²) in [6.45, 7) is -0.690. The van der Waals surface area contributed by atoms with E-state index in [9.17, 15) is 23.5 Å². The number of hydrogen-bond donors (Lipinski definition) is 9. The van der Waals surface area contributed by atoms with Gasteiger partial charge in [0.2, 0.25) is 0 Å². The number of imidazole rings is 1. The van der Waals surface area contributed by atoms with Gasteiger partial charge in [0.15, 0.2) is 23.5 Å². The number of fused-ring (bicyclic) bond motifs is 2. The molecule has 0 bridgehead atoms. The highest BCUT2D eigenvalue weighted by atomic mass is 31.3. The Morgan fingerprint density at radius 1 is 0.927 bits per heavy atom. The third-order valence-corrected chi connectivity index (χ3v) is 9.88. The molecule has 1 saturated carbocycles. The average molecular weight is 655 g/mol. The fraction of sp³-hybridized carbons (Fsp3) is 0.688. The van der Waals surface area contributed by atoms with Gasteiger partial charge in [-0.1, -0.05) is 6.42 Å². The van der Waals surface area contributed by atoms with Crippen molar-refractivity contribution < 1.29 is 60.6 Å². The summed E-state index contributed by atoms with van der Waals surface area (Å²) in [5.74, 6) is -0.745. The van der Waals surface area contributed by atoms with Gasteiger partial charge in [-0.2, -0.15) is 8.62 Å². The number of nitrogens with two attached hydrogens (primary N) is 1. The molecular formula is C16H36N9O13P3. The van der Waals surface area contributed by atoms with Crippen molar-refractivity contribution in [3.8, 4) is 0 Å². The second-order valence-corrected chi connectivity index (χ2v) is 13.1. The van der Waals surface area contributed by atoms with Gasteiger partial charge in [0, 0.05) is 12.8 Å². The molecule has 3 fully saturated rings. The van der Waals surface area contributed by atoms with E-state index in [1.54, 1.807) is 4.57 Å². The molecule has 0 aromatic carbocycles. The fourth-order valence-electron chi connectivity index (χ4n) is 4.71. The van der Waals surface area contributed by atoms with Crippen LogP contribution in [0.3, 0.4) is 0 Å². The van der Waals surface area contributed by atoms with E-state index in [0.717, 1.165) is 19.3 Å². The molecule has 4 heterocycles. The molecule has 3 aliphatic rings. The summed E-state index contributed by atoms with van der Waals surface area (Å²) < 4.78 is 67.2. The lowest BCUT2D eigenvalue weighted by Crippen LogP contribution is -2.37. The molecule has 22 nitrogen and oxygen atoms in total. The molecule has 0 radical (unpaired) electrons. The molecule has 18 N–H and O–H groups in total. The maximum atomic E-state index is 12.3. The Morgan fingerprint density at radius 2 is 1.56 bits per heavy atom. The first-order valence-electron chi connectivity index (χ1n) is 11.0. The van der Waals surface area contributed by atoms with E-state index in [0.29, 0.717) is 24.0 Å². The van der Waals surface area contributed by atoms with E-state index in [2.05, 4.69) is 23.6 Å². The third-order valence-electron chi connectivity index (χ3n) is 6.08. The Bertz CT molecular complexity index is 1320. The summed E-state index contributed by atoms with van der Waals surface area (Å²) >= 11 is 0. The molecular weight excluding hydrogens is 619 g/mol. The largest absolute Gasteiger partial charge is 0.490 e. The zero-order valence-electron chi connectivity index (χ0n) is 21.7. The molecule has 2 aliphatic heterocycles. The molecule has 6 atom stereocenters. The number of aromatic nitrogens is 4. The second-order valence-electron chi connectivity index (χ2n) is 8.67. The molecule has 1 aliphatic carbocycles. The topological polar surface area (TPSA) is 397 Å². The number of anilines is 1. The van der Waals surface area contributed by atoms with Gasteiger partial charge in [0.25, 0.3) is 0 Å². The minimum Gasteiger partial charge on any atom is -0.382 e. The summed E-state index contributed by atoms with van der Waals surface area (Å²) in [5.41, 5.74) is 6.55. The van der Waals surface area contributed by atoms with Crippen LogP contribution in [0, 0.1) is 0 Å². The average Bonchev–Trinajstić information content (AvgIpc) is 3.43. The van der Waals surface area contributed by atoms with Crippen LogP contribution in [0.25, 0.3) is 11.2 Å². The number of nitrogens with zero attached hydrogens (tertiary/aromatic N) is 4. The van der Waals surface area contributed by atoms with E-state index in [4.69, 9.17) is 34.3 Å². The zero-order chi connectivity index (χ0) is 26.6. The van der Waals surface area contributed by atoms with E-state index in [1.807, 2.05) is 0 Å². The quantitative estimate of drug-likeness (QED) is 0.183. The monoisotopic (exact) mass is 655 g/mol. The van der Waals surface area contributed by atoms with Crippen molar-refractivity contribution in [2.45, 2.75) is 62.4 Å². The molecule has 238 valence electrons.